The molecule has 0 amide bonds. The van der Waals surface area contributed by atoms with Gasteiger partial charge in [0, 0.05) is 18.6 Å². The Morgan fingerprint density at radius 2 is 2.04 bits per heavy atom. The molecule has 3 N–H and O–H groups in total. The first-order valence-electron chi connectivity index (χ1n) is 8.21. The molecule has 1 aliphatic rings. The predicted octanol–water partition coefficient (Wildman–Crippen LogP) is 3.03. The number of anilines is 2. The number of rotatable bonds is 10. The van der Waals surface area contributed by atoms with Crippen LogP contribution in [0.4, 0.5) is 17.1 Å². The molecule has 10 heteroatoms. The van der Waals surface area contributed by atoms with Gasteiger partial charge in [0.05, 0.1) is 29.3 Å². The van der Waals surface area contributed by atoms with E-state index in [0.717, 1.165) is 0 Å². The van der Waals surface area contributed by atoms with Crippen molar-refractivity contribution in [3.8, 4) is 0 Å². The maximum absolute atomic E-state index is 11.3. The van der Waals surface area contributed by atoms with E-state index in [1.54, 1.807) is 13.0 Å². The molecule has 2 rings (SSSR count). The van der Waals surface area contributed by atoms with Gasteiger partial charge in [0.1, 0.15) is 0 Å². The molecule has 1 atom stereocenters. The van der Waals surface area contributed by atoms with Gasteiger partial charge in [-0.15, -0.1) is 11.8 Å². The maximum Gasteiger partial charge on any atom is 0.308 e. The third-order valence-corrected chi connectivity index (χ3v) is 5.05. The number of hydrogen-bond acceptors (Lipinski definition) is 8. The Hall–Kier alpha value is -2.49. The van der Waals surface area contributed by atoms with Gasteiger partial charge >= 0.3 is 11.9 Å². The van der Waals surface area contributed by atoms with Crippen molar-refractivity contribution in [1.82, 2.24) is 0 Å². The van der Waals surface area contributed by atoms with E-state index in [-0.39, 0.29) is 18.1 Å². The Balaban J connectivity index is 1.96. The lowest BCUT2D eigenvalue weighted by atomic mass is 10.2. The van der Waals surface area contributed by atoms with Crippen molar-refractivity contribution in [3.63, 3.8) is 0 Å². The van der Waals surface area contributed by atoms with Crippen LogP contribution in [-0.2, 0) is 14.3 Å². The molecular formula is C16H21N3O6S. The lowest BCUT2D eigenvalue weighted by Crippen LogP contribution is -2.40. The molecule has 0 radical (unpaired) electrons. The van der Waals surface area contributed by atoms with Crippen LogP contribution in [0.5, 0.6) is 0 Å². The Labute approximate surface area is 154 Å². The highest BCUT2D eigenvalue weighted by Gasteiger charge is 2.39. The highest BCUT2D eigenvalue weighted by atomic mass is 32.2. The number of non-ortho nitro benzene ring substituents is 1. The summed E-state index contributed by atoms with van der Waals surface area (Å²) in [5.74, 6) is -0.621. The van der Waals surface area contributed by atoms with E-state index in [0.29, 0.717) is 43.0 Å². The summed E-state index contributed by atoms with van der Waals surface area (Å²) >= 11 is 1.37. The van der Waals surface area contributed by atoms with Crippen LogP contribution in [0.1, 0.15) is 32.6 Å². The third-order valence-electron chi connectivity index (χ3n) is 3.72. The van der Waals surface area contributed by atoms with Crippen LogP contribution in [0.3, 0.4) is 0 Å². The maximum atomic E-state index is 11.3. The van der Waals surface area contributed by atoms with Crippen LogP contribution < -0.4 is 10.6 Å². The van der Waals surface area contributed by atoms with Gasteiger partial charge in [-0.2, -0.15) is 0 Å². The van der Waals surface area contributed by atoms with E-state index in [4.69, 9.17) is 4.74 Å². The van der Waals surface area contributed by atoms with Crippen LogP contribution in [0, 0.1) is 10.1 Å². The highest BCUT2D eigenvalue weighted by Crippen LogP contribution is 2.43. The lowest BCUT2D eigenvalue weighted by molar-refractivity contribution is -0.384. The van der Waals surface area contributed by atoms with Gasteiger partial charge in [0.2, 0.25) is 0 Å². The summed E-state index contributed by atoms with van der Waals surface area (Å²) in [6, 6.07) is 4.31. The number of carbonyl (C=O) groups excluding carboxylic acids is 1. The summed E-state index contributed by atoms with van der Waals surface area (Å²) in [6.07, 6.45) is 1.48. The van der Waals surface area contributed by atoms with Crippen molar-refractivity contribution >= 4 is 40.8 Å². The van der Waals surface area contributed by atoms with E-state index < -0.39 is 15.9 Å². The van der Waals surface area contributed by atoms with Crippen molar-refractivity contribution in [2.45, 2.75) is 37.6 Å². The molecule has 1 aromatic rings. The molecule has 26 heavy (non-hydrogen) atoms. The monoisotopic (exact) mass is 383 g/mol. The zero-order valence-electron chi connectivity index (χ0n) is 14.3. The molecule has 0 saturated heterocycles. The van der Waals surface area contributed by atoms with E-state index >= 15 is 0 Å². The molecule has 142 valence electrons. The van der Waals surface area contributed by atoms with Gasteiger partial charge in [-0.25, -0.2) is 0 Å². The number of aliphatic carboxylic acids is 1. The molecule has 0 spiro atoms. The zero-order valence-corrected chi connectivity index (χ0v) is 15.1. The Bertz CT molecular complexity index is 699. The fourth-order valence-corrected chi connectivity index (χ4v) is 3.89. The number of carbonyl (C=O) groups is 2. The van der Waals surface area contributed by atoms with E-state index in [2.05, 4.69) is 10.6 Å². The van der Waals surface area contributed by atoms with Crippen LogP contribution in [0.2, 0.25) is 0 Å². The summed E-state index contributed by atoms with van der Waals surface area (Å²) < 4.78 is 4.86. The van der Waals surface area contributed by atoms with Gasteiger partial charge in [-0.05, 0) is 31.6 Å². The molecular weight excluding hydrogens is 362 g/mol. The fourth-order valence-electron chi connectivity index (χ4n) is 2.60. The lowest BCUT2D eigenvalue weighted by Gasteiger charge is -2.28. The minimum Gasteiger partial charge on any atom is -0.481 e. The van der Waals surface area contributed by atoms with E-state index in [1.165, 1.54) is 23.9 Å². The number of fused-ring (bicyclic) bond motifs is 1. The predicted molar refractivity (Wildman–Crippen MR) is 98.3 cm³/mol. The number of esters is 1. The van der Waals surface area contributed by atoms with Crippen LogP contribution >= 0.6 is 11.8 Å². The average Bonchev–Trinajstić information content (AvgIpc) is 2.90. The molecule has 1 aliphatic heterocycles. The Kier molecular flexibility index (Phi) is 6.67. The van der Waals surface area contributed by atoms with Crippen LogP contribution in [0.15, 0.2) is 18.2 Å². The first-order chi connectivity index (χ1) is 12.3. The SMILES string of the molecule is CCOC(=O)CCCCSC1(CC(=O)O)Nc2ccc([N+](=O)[O-])cc2N1. The molecule has 0 aliphatic carbocycles. The van der Waals surface area contributed by atoms with Crippen LogP contribution in [-0.4, -0.2) is 39.3 Å². The van der Waals surface area contributed by atoms with E-state index in [9.17, 15) is 24.8 Å². The second kappa shape index (κ2) is 8.75. The van der Waals surface area contributed by atoms with Crippen molar-refractivity contribution in [3.05, 3.63) is 28.3 Å². The number of nitro groups is 1. The summed E-state index contributed by atoms with van der Waals surface area (Å²) in [5, 5.41) is 26.3. The summed E-state index contributed by atoms with van der Waals surface area (Å²) in [7, 11) is 0. The smallest absolute Gasteiger partial charge is 0.308 e. The first kappa shape index (κ1) is 19.8. The van der Waals surface area contributed by atoms with Gasteiger partial charge in [-0.1, -0.05) is 0 Å². The van der Waals surface area contributed by atoms with Crippen molar-refractivity contribution in [2.24, 2.45) is 0 Å². The molecule has 9 nitrogen and oxygen atoms in total. The second-order valence-electron chi connectivity index (χ2n) is 5.75. The largest absolute Gasteiger partial charge is 0.481 e. The van der Waals surface area contributed by atoms with E-state index in [1.807, 2.05) is 0 Å². The average molecular weight is 383 g/mol. The number of hydrogen-bond donors (Lipinski definition) is 3. The van der Waals surface area contributed by atoms with Crippen molar-refractivity contribution in [2.75, 3.05) is 23.0 Å². The number of benzene rings is 1. The molecule has 1 unspecified atom stereocenters. The van der Waals surface area contributed by atoms with Gasteiger partial charge in [-0.3, -0.25) is 19.7 Å². The standard InChI is InChI=1S/C16H21N3O6S/c1-2-25-15(22)5-3-4-8-26-16(10-14(20)21)17-12-7-6-11(19(23)24)9-13(12)18-16/h6-7,9,17-18H,2-5,8,10H2,1H3,(H,20,21). The van der Waals surface area contributed by atoms with Gasteiger partial charge in [0.15, 0.2) is 4.99 Å². The minimum atomic E-state index is -0.994. The summed E-state index contributed by atoms with van der Waals surface area (Å²) in [4.78, 5) is 32.0. The first-order valence-corrected chi connectivity index (χ1v) is 9.20. The highest BCUT2D eigenvalue weighted by molar-refractivity contribution is 8.00. The van der Waals surface area contributed by atoms with Gasteiger partial charge in [0.25, 0.3) is 5.69 Å². The molecule has 1 heterocycles. The number of carboxylic acid groups (broad SMARTS) is 1. The Morgan fingerprint density at radius 3 is 2.69 bits per heavy atom. The minimum absolute atomic E-state index is 0.0661. The number of ether oxygens (including phenoxy) is 1. The molecule has 0 saturated carbocycles. The number of unbranched alkanes of at least 4 members (excludes halogenated alkanes) is 1. The van der Waals surface area contributed by atoms with Crippen LogP contribution in [0.25, 0.3) is 0 Å². The fraction of sp³-hybridized carbons (Fsp3) is 0.500. The number of carboxylic acids is 1. The zero-order chi connectivity index (χ0) is 19.2. The number of nitro benzene ring substituents is 1. The topological polar surface area (TPSA) is 131 Å². The third kappa shape index (κ3) is 5.25. The number of nitrogens with one attached hydrogen (secondary N) is 2. The second-order valence-corrected chi connectivity index (χ2v) is 7.14. The molecule has 1 aromatic carbocycles. The van der Waals surface area contributed by atoms with Crippen molar-refractivity contribution < 1.29 is 24.4 Å². The van der Waals surface area contributed by atoms with Gasteiger partial charge < -0.3 is 20.5 Å². The number of nitrogens with zero attached hydrogens (tertiary/aromatic N) is 1. The summed E-state index contributed by atoms with van der Waals surface area (Å²) in [6.45, 7) is 2.11. The number of thioether (sulfide) groups is 1. The Morgan fingerprint density at radius 1 is 1.31 bits per heavy atom. The summed E-state index contributed by atoms with van der Waals surface area (Å²) in [5.41, 5.74) is 1.05. The molecule has 0 fully saturated rings. The normalized spacial score (nSPS) is 17.7. The van der Waals surface area contributed by atoms with Crippen molar-refractivity contribution in [1.29, 1.82) is 0 Å². The molecule has 0 aromatic heterocycles. The molecule has 0 bridgehead atoms. The quantitative estimate of drug-likeness (QED) is 0.241.